The van der Waals surface area contributed by atoms with E-state index in [1.807, 2.05) is 13.8 Å². The molecule has 0 aliphatic heterocycles. The van der Waals surface area contributed by atoms with Gasteiger partial charge in [-0.3, -0.25) is 19.1 Å². The first-order chi connectivity index (χ1) is 20.1. The molecule has 2 N–H and O–H groups in total. The molecule has 0 aliphatic carbocycles. The second-order valence-electron chi connectivity index (χ2n) is 10.2. The average Bonchev–Trinajstić information content (AvgIpc) is 3.43. The molecule has 0 aliphatic rings. The molecule has 3 amide bonds. The number of rotatable bonds is 11. The lowest BCUT2D eigenvalue weighted by molar-refractivity contribution is -0.159. The fourth-order valence-electron chi connectivity index (χ4n) is 4.41. The quantitative estimate of drug-likeness (QED) is 0.303. The van der Waals surface area contributed by atoms with Crippen LogP contribution in [-0.2, 0) is 16.0 Å². The summed E-state index contributed by atoms with van der Waals surface area (Å²) in [4.78, 5) is 39.6. The van der Waals surface area contributed by atoms with Gasteiger partial charge in [0, 0.05) is 37.3 Å². The van der Waals surface area contributed by atoms with Gasteiger partial charge in [-0.25, -0.2) is 8.78 Å². The molecule has 1 unspecified atom stereocenters. The summed E-state index contributed by atoms with van der Waals surface area (Å²) in [5.74, 6) is -5.13. The highest BCUT2D eigenvalue weighted by Gasteiger charge is 2.34. The zero-order valence-corrected chi connectivity index (χ0v) is 24.1. The van der Waals surface area contributed by atoms with Crippen LogP contribution in [0.5, 0.6) is 5.75 Å². The molecular formula is C29H32F5N5O4. The van der Waals surface area contributed by atoms with E-state index >= 15 is 4.39 Å². The van der Waals surface area contributed by atoms with Crippen molar-refractivity contribution in [3.05, 3.63) is 77.1 Å². The molecule has 0 radical (unpaired) electrons. The molecule has 43 heavy (non-hydrogen) atoms. The number of alkyl halides is 3. The summed E-state index contributed by atoms with van der Waals surface area (Å²) in [6.45, 7) is 3.44. The van der Waals surface area contributed by atoms with Crippen LogP contribution in [0.4, 0.5) is 27.6 Å². The van der Waals surface area contributed by atoms with Gasteiger partial charge in [0.05, 0.1) is 18.7 Å². The Balaban J connectivity index is 1.88. The van der Waals surface area contributed by atoms with Gasteiger partial charge in [0.15, 0.2) is 0 Å². The number of aromatic nitrogens is 2. The zero-order chi connectivity index (χ0) is 32.1. The summed E-state index contributed by atoms with van der Waals surface area (Å²) in [6.07, 6.45) is -3.27. The van der Waals surface area contributed by atoms with Crippen molar-refractivity contribution in [3.8, 4) is 5.75 Å². The molecule has 9 nitrogen and oxygen atoms in total. The minimum Gasteiger partial charge on any atom is -0.496 e. The van der Waals surface area contributed by atoms with E-state index in [-0.39, 0.29) is 35.2 Å². The van der Waals surface area contributed by atoms with Gasteiger partial charge in [-0.05, 0) is 50.6 Å². The van der Waals surface area contributed by atoms with Crippen molar-refractivity contribution in [1.29, 1.82) is 0 Å². The van der Waals surface area contributed by atoms with Gasteiger partial charge in [0.2, 0.25) is 11.8 Å². The molecule has 0 saturated carbocycles. The molecule has 0 fully saturated rings. The highest BCUT2D eigenvalue weighted by atomic mass is 19.4. The van der Waals surface area contributed by atoms with Crippen LogP contribution in [0.25, 0.3) is 0 Å². The van der Waals surface area contributed by atoms with Crippen molar-refractivity contribution in [2.45, 2.75) is 51.4 Å². The number of hydrogen-bond donors (Lipinski definition) is 2. The van der Waals surface area contributed by atoms with Crippen molar-refractivity contribution < 1.29 is 41.1 Å². The Morgan fingerprint density at radius 3 is 2.28 bits per heavy atom. The lowest BCUT2D eigenvalue weighted by atomic mass is 9.97. The number of likely N-dealkylation sites (N-methyl/N-ethyl adjacent to an activating group) is 1. The number of nitrogens with one attached hydrogen (secondary N) is 2. The first-order valence-corrected chi connectivity index (χ1v) is 13.2. The molecule has 1 heterocycles. The van der Waals surface area contributed by atoms with Crippen LogP contribution in [0, 0.1) is 11.6 Å². The van der Waals surface area contributed by atoms with E-state index in [4.69, 9.17) is 4.74 Å². The SMILES string of the molecule is COc1cc(NC(=O)[C@H](Cc2ccc(F)cc2)NC(=O)c2ccnn2C(C)C)c(F)cc1C(C)C(=O)N(C)CC(F)(F)F. The average molecular weight is 610 g/mol. The summed E-state index contributed by atoms with van der Waals surface area (Å²) in [5.41, 5.74) is 0.288. The smallest absolute Gasteiger partial charge is 0.406 e. The Hall–Kier alpha value is -4.49. The number of ether oxygens (including phenoxy) is 1. The van der Waals surface area contributed by atoms with Gasteiger partial charge in [-0.2, -0.15) is 18.3 Å². The summed E-state index contributed by atoms with van der Waals surface area (Å²) in [6, 6.07) is 7.31. The Morgan fingerprint density at radius 1 is 1.05 bits per heavy atom. The monoisotopic (exact) mass is 609 g/mol. The van der Waals surface area contributed by atoms with E-state index in [0.29, 0.717) is 10.5 Å². The molecular weight excluding hydrogens is 577 g/mol. The minimum atomic E-state index is -4.62. The molecule has 0 bridgehead atoms. The van der Waals surface area contributed by atoms with Crippen molar-refractivity contribution in [2.24, 2.45) is 0 Å². The first-order valence-electron chi connectivity index (χ1n) is 13.2. The first kappa shape index (κ1) is 33.0. The summed E-state index contributed by atoms with van der Waals surface area (Å²) < 4.78 is 73.8. The number of nitrogens with zero attached hydrogens (tertiary/aromatic N) is 3. The lowest BCUT2D eigenvalue weighted by Crippen LogP contribution is -2.46. The fraction of sp³-hybridized carbons (Fsp3) is 0.379. The molecule has 2 atom stereocenters. The summed E-state index contributed by atoms with van der Waals surface area (Å²) in [7, 11) is 2.20. The molecule has 1 aromatic heterocycles. The lowest BCUT2D eigenvalue weighted by Gasteiger charge is -2.24. The largest absolute Gasteiger partial charge is 0.496 e. The van der Waals surface area contributed by atoms with E-state index in [0.717, 1.165) is 19.2 Å². The highest BCUT2D eigenvalue weighted by molar-refractivity contribution is 6.01. The molecule has 0 spiro atoms. The molecule has 2 aromatic carbocycles. The highest BCUT2D eigenvalue weighted by Crippen LogP contribution is 2.33. The van der Waals surface area contributed by atoms with E-state index in [1.54, 1.807) is 0 Å². The standard InChI is InChI=1S/C29H32F5N5O4/c1-16(2)39-24(10-11-35-39)27(41)37-23(12-18-6-8-19(30)9-7-18)26(40)36-22-14-25(43-5)20(13-21(22)31)17(3)28(42)38(4)15-29(32,33)34/h6-11,13-14,16-17,23H,12,15H2,1-5H3,(H,36,40)(H,37,41)/t17?,23-/m0/s1. The predicted octanol–water partition coefficient (Wildman–Crippen LogP) is 4.85. The third kappa shape index (κ3) is 8.52. The third-order valence-corrected chi connectivity index (χ3v) is 6.57. The normalized spacial score (nSPS) is 12.9. The van der Waals surface area contributed by atoms with E-state index < -0.39 is 54.0 Å². The van der Waals surface area contributed by atoms with Crippen LogP contribution in [0.3, 0.4) is 0 Å². The van der Waals surface area contributed by atoms with E-state index in [2.05, 4.69) is 15.7 Å². The van der Waals surface area contributed by atoms with Crippen LogP contribution < -0.4 is 15.4 Å². The number of amides is 3. The van der Waals surface area contributed by atoms with E-state index in [1.165, 1.54) is 55.2 Å². The van der Waals surface area contributed by atoms with Crippen LogP contribution in [0.1, 0.15) is 54.3 Å². The maximum Gasteiger partial charge on any atom is 0.406 e. The second-order valence-corrected chi connectivity index (χ2v) is 10.2. The Morgan fingerprint density at radius 2 is 1.70 bits per heavy atom. The Labute approximate surface area is 245 Å². The fourth-order valence-corrected chi connectivity index (χ4v) is 4.41. The van der Waals surface area contributed by atoms with Gasteiger partial charge in [0.25, 0.3) is 5.91 Å². The van der Waals surface area contributed by atoms with Gasteiger partial charge in [-0.15, -0.1) is 0 Å². The number of carbonyl (C=O) groups excluding carboxylic acids is 3. The maximum atomic E-state index is 15.3. The van der Waals surface area contributed by atoms with Crippen LogP contribution in [0.15, 0.2) is 48.7 Å². The second kappa shape index (κ2) is 13.7. The number of halogens is 5. The Bertz CT molecular complexity index is 1460. The van der Waals surface area contributed by atoms with Crippen LogP contribution in [0.2, 0.25) is 0 Å². The predicted molar refractivity (Wildman–Crippen MR) is 148 cm³/mol. The van der Waals surface area contributed by atoms with Gasteiger partial charge >= 0.3 is 6.18 Å². The van der Waals surface area contributed by atoms with E-state index in [9.17, 15) is 31.9 Å². The van der Waals surface area contributed by atoms with Gasteiger partial charge in [0.1, 0.15) is 35.7 Å². The van der Waals surface area contributed by atoms with Crippen LogP contribution >= 0.6 is 0 Å². The molecule has 232 valence electrons. The molecule has 3 rings (SSSR count). The summed E-state index contributed by atoms with van der Waals surface area (Å²) >= 11 is 0. The number of anilines is 1. The molecule has 0 saturated heterocycles. The Kier molecular flexibility index (Phi) is 10.5. The molecule has 14 heteroatoms. The minimum absolute atomic E-state index is 0.0323. The number of methoxy groups -OCH3 is 1. The van der Waals surface area contributed by atoms with Crippen molar-refractivity contribution in [2.75, 3.05) is 26.0 Å². The summed E-state index contributed by atoms with van der Waals surface area (Å²) in [5, 5.41) is 9.14. The van der Waals surface area contributed by atoms with Crippen molar-refractivity contribution in [3.63, 3.8) is 0 Å². The van der Waals surface area contributed by atoms with Crippen molar-refractivity contribution in [1.82, 2.24) is 20.0 Å². The number of benzene rings is 2. The molecule has 3 aromatic rings. The zero-order valence-electron chi connectivity index (χ0n) is 24.1. The number of carbonyl (C=O) groups is 3. The van der Waals surface area contributed by atoms with Gasteiger partial charge < -0.3 is 20.3 Å². The third-order valence-electron chi connectivity index (χ3n) is 6.57. The maximum absolute atomic E-state index is 15.3. The number of hydrogen-bond acceptors (Lipinski definition) is 5. The van der Waals surface area contributed by atoms with Crippen LogP contribution in [-0.4, -0.2) is 65.3 Å². The topological polar surface area (TPSA) is 106 Å². The van der Waals surface area contributed by atoms with Crippen molar-refractivity contribution >= 4 is 23.4 Å². The van der Waals surface area contributed by atoms with Gasteiger partial charge in [-0.1, -0.05) is 12.1 Å².